The Morgan fingerprint density at radius 2 is 1.74 bits per heavy atom. The Hall–Kier alpha value is -3.16. The summed E-state index contributed by atoms with van der Waals surface area (Å²) in [5.74, 6) is 1.80. The van der Waals surface area contributed by atoms with E-state index in [9.17, 15) is 4.79 Å². The summed E-state index contributed by atoms with van der Waals surface area (Å²) in [4.78, 5) is 32.4. The standard InChI is InChI=1S/C23H31N7O/c1-2-24-22(30-13-9-19-6-3-4-7-20(19)18-30)27-12-8-21(31)28-14-16-29(17-15-28)23-25-10-5-11-26-23/h3-7,10-11H,2,8-9,12-18H2,1H3,(H,24,27). The van der Waals surface area contributed by atoms with E-state index < -0.39 is 0 Å². The molecule has 0 atom stereocenters. The van der Waals surface area contributed by atoms with Crippen molar-refractivity contribution in [1.29, 1.82) is 0 Å². The number of benzene rings is 1. The van der Waals surface area contributed by atoms with Crippen LogP contribution in [0.4, 0.5) is 5.95 Å². The second-order valence-corrected chi connectivity index (χ2v) is 7.84. The maximum absolute atomic E-state index is 12.7. The topological polar surface area (TPSA) is 77.0 Å². The van der Waals surface area contributed by atoms with E-state index in [4.69, 9.17) is 4.99 Å². The minimum absolute atomic E-state index is 0.164. The van der Waals surface area contributed by atoms with Crippen molar-refractivity contribution in [3.63, 3.8) is 0 Å². The van der Waals surface area contributed by atoms with Crippen LogP contribution in [0.2, 0.25) is 0 Å². The molecular weight excluding hydrogens is 390 g/mol. The normalized spacial score (nSPS) is 16.8. The number of hydrogen-bond donors (Lipinski definition) is 1. The third kappa shape index (κ3) is 5.31. The fourth-order valence-electron chi connectivity index (χ4n) is 4.13. The Balaban J connectivity index is 1.28. The minimum atomic E-state index is 0.164. The molecule has 1 aromatic carbocycles. The molecule has 31 heavy (non-hydrogen) atoms. The molecule has 0 aliphatic carbocycles. The smallest absolute Gasteiger partial charge is 0.225 e. The number of anilines is 1. The second kappa shape index (κ2) is 10.2. The van der Waals surface area contributed by atoms with Crippen LogP contribution >= 0.6 is 0 Å². The average Bonchev–Trinajstić information content (AvgIpc) is 2.84. The third-order valence-electron chi connectivity index (χ3n) is 5.82. The number of piperazine rings is 1. The molecular formula is C23H31N7O. The lowest BCUT2D eigenvalue weighted by Crippen LogP contribution is -2.49. The molecule has 1 saturated heterocycles. The van der Waals surface area contributed by atoms with Crippen LogP contribution in [0.5, 0.6) is 0 Å². The Morgan fingerprint density at radius 1 is 1.00 bits per heavy atom. The highest BCUT2D eigenvalue weighted by Crippen LogP contribution is 2.18. The number of amides is 1. The Morgan fingerprint density at radius 3 is 2.48 bits per heavy atom. The Labute approximate surface area is 184 Å². The molecule has 8 nitrogen and oxygen atoms in total. The van der Waals surface area contributed by atoms with Crippen LogP contribution in [-0.4, -0.2) is 77.4 Å². The number of rotatable bonds is 5. The number of carbonyl (C=O) groups excluding carboxylic acids is 1. The van der Waals surface area contributed by atoms with Gasteiger partial charge in [0.15, 0.2) is 5.96 Å². The van der Waals surface area contributed by atoms with Crippen LogP contribution in [0.15, 0.2) is 47.7 Å². The SMILES string of the molecule is CCNC(=NCCC(=O)N1CCN(c2ncccn2)CC1)N1CCc2ccccc2C1. The lowest BCUT2D eigenvalue weighted by molar-refractivity contribution is -0.131. The summed E-state index contributed by atoms with van der Waals surface area (Å²) in [6.07, 6.45) is 4.96. The number of hydrogen-bond acceptors (Lipinski definition) is 5. The zero-order valence-electron chi connectivity index (χ0n) is 18.2. The number of carbonyl (C=O) groups is 1. The Bertz CT molecular complexity index is 894. The molecule has 0 radical (unpaired) electrons. The predicted molar refractivity (Wildman–Crippen MR) is 122 cm³/mol. The lowest BCUT2D eigenvalue weighted by atomic mass is 10.0. The first-order valence-electron chi connectivity index (χ1n) is 11.1. The molecule has 2 aliphatic heterocycles. The summed E-state index contributed by atoms with van der Waals surface area (Å²) in [6.45, 7) is 8.11. The molecule has 0 bridgehead atoms. The molecule has 1 N–H and O–H groups in total. The van der Waals surface area contributed by atoms with E-state index in [1.54, 1.807) is 12.4 Å². The van der Waals surface area contributed by atoms with Gasteiger partial charge in [0.2, 0.25) is 11.9 Å². The summed E-state index contributed by atoms with van der Waals surface area (Å²) in [6, 6.07) is 10.4. The predicted octanol–water partition coefficient (Wildman–Crippen LogP) is 1.54. The van der Waals surface area contributed by atoms with Gasteiger partial charge in [-0.25, -0.2) is 9.97 Å². The quantitative estimate of drug-likeness (QED) is 0.583. The number of guanidine groups is 1. The van der Waals surface area contributed by atoms with E-state index >= 15 is 0 Å². The largest absolute Gasteiger partial charge is 0.357 e. The fourth-order valence-corrected chi connectivity index (χ4v) is 4.13. The van der Waals surface area contributed by atoms with Gasteiger partial charge < -0.3 is 20.0 Å². The molecule has 1 aromatic heterocycles. The van der Waals surface area contributed by atoms with Crippen LogP contribution in [0.1, 0.15) is 24.5 Å². The van der Waals surface area contributed by atoms with Gasteiger partial charge in [0.05, 0.1) is 6.54 Å². The number of nitrogens with one attached hydrogen (secondary N) is 1. The molecule has 4 rings (SSSR count). The minimum Gasteiger partial charge on any atom is -0.357 e. The fraction of sp³-hybridized carbons (Fsp3) is 0.478. The van der Waals surface area contributed by atoms with Crippen LogP contribution in [0.25, 0.3) is 0 Å². The van der Waals surface area contributed by atoms with Crippen molar-refractivity contribution < 1.29 is 4.79 Å². The molecule has 0 spiro atoms. The average molecular weight is 422 g/mol. The highest BCUT2D eigenvalue weighted by molar-refractivity contribution is 5.81. The Kier molecular flexibility index (Phi) is 6.96. The first-order valence-corrected chi connectivity index (χ1v) is 11.1. The van der Waals surface area contributed by atoms with Crippen molar-refractivity contribution in [2.75, 3.05) is 50.7 Å². The van der Waals surface area contributed by atoms with Gasteiger partial charge in [0, 0.05) is 64.6 Å². The van der Waals surface area contributed by atoms with Gasteiger partial charge in [0.1, 0.15) is 0 Å². The molecule has 164 valence electrons. The number of aliphatic imine (C=N–C) groups is 1. The summed E-state index contributed by atoms with van der Waals surface area (Å²) in [5, 5.41) is 3.39. The molecule has 2 aliphatic rings. The van der Waals surface area contributed by atoms with E-state index in [0.29, 0.717) is 26.1 Å². The maximum Gasteiger partial charge on any atom is 0.225 e. The van der Waals surface area contributed by atoms with Crippen LogP contribution in [0.3, 0.4) is 0 Å². The first kappa shape index (κ1) is 21.1. The number of fused-ring (bicyclic) bond motifs is 1. The molecule has 1 amide bonds. The van der Waals surface area contributed by atoms with Crippen LogP contribution in [0, 0.1) is 0 Å². The number of nitrogens with zero attached hydrogens (tertiary/aromatic N) is 6. The summed E-state index contributed by atoms with van der Waals surface area (Å²) in [7, 11) is 0. The first-order chi connectivity index (χ1) is 15.2. The van der Waals surface area contributed by atoms with Crippen molar-refractivity contribution in [2.45, 2.75) is 26.3 Å². The van der Waals surface area contributed by atoms with Crippen molar-refractivity contribution in [3.8, 4) is 0 Å². The van der Waals surface area contributed by atoms with Gasteiger partial charge >= 0.3 is 0 Å². The van der Waals surface area contributed by atoms with E-state index in [2.05, 4.69) is 56.3 Å². The van der Waals surface area contributed by atoms with E-state index in [0.717, 1.165) is 51.1 Å². The van der Waals surface area contributed by atoms with Gasteiger partial charge in [-0.2, -0.15) is 0 Å². The van der Waals surface area contributed by atoms with Gasteiger partial charge in [-0.05, 0) is 30.5 Å². The van der Waals surface area contributed by atoms with E-state index in [1.807, 2.05) is 11.0 Å². The third-order valence-corrected chi connectivity index (χ3v) is 5.82. The zero-order valence-corrected chi connectivity index (χ0v) is 18.2. The van der Waals surface area contributed by atoms with Crippen LogP contribution in [-0.2, 0) is 17.8 Å². The molecule has 3 heterocycles. The van der Waals surface area contributed by atoms with Gasteiger partial charge in [0.25, 0.3) is 0 Å². The van der Waals surface area contributed by atoms with Gasteiger partial charge in [-0.1, -0.05) is 24.3 Å². The highest BCUT2D eigenvalue weighted by Gasteiger charge is 2.22. The molecule has 2 aromatic rings. The van der Waals surface area contributed by atoms with Crippen molar-refractivity contribution in [3.05, 3.63) is 53.9 Å². The van der Waals surface area contributed by atoms with E-state index in [-0.39, 0.29) is 5.91 Å². The summed E-state index contributed by atoms with van der Waals surface area (Å²) < 4.78 is 0. The van der Waals surface area contributed by atoms with E-state index in [1.165, 1.54) is 11.1 Å². The molecule has 0 unspecified atom stereocenters. The van der Waals surface area contributed by atoms with Gasteiger partial charge in [-0.3, -0.25) is 9.79 Å². The monoisotopic (exact) mass is 421 g/mol. The molecule has 1 fully saturated rings. The lowest BCUT2D eigenvalue weighted by Gasteiger charge is -2.34. The molecule has 8 heteroatoms. The maximum atomic E-state index is 12.7. The van der Waals surface area contributed by atoms with Crippen molar-refractivity contribution >= 4 is 17.8 Å². The van der Waals surface area contributed by atoms with Crippen molar-refractivity contribution in [2.24, 2.45) is 4.99 Å². The van der Waals surface area contributed by atoms with Gasteiger partial charge in [-0.15, -0.1) is 0 Å². The van der Waals surface area contributed by atoms with Crippen molar-refractivity contribution in [1.82, 2.24) is 25.1 Å². The summed E-state index contributed by atoms with van der Waals surface area (Å²) in [5.41, 5.74) is 2.78. The second-order valence-electron chi connectivity index (χ2n) is 7.84. The molecule has 0 saturated carbocycles. The van der Waals surface area contributed by atoms with Crippen LogP contribution < -0.4 is 10.2 Å². The zero-order chi connectivity index (χ0) is 21.5. The highest BCUT2D eigenvalue weighted by atomic mass is 16.2. The number of aromatic nitrogens is 2. The summed E-state index contributed by atoms with van der Waals surface area (Å²) >= 11 is 0.